The summed E-state index contributed by atoms with van der Waals surface area (Å²) in [4.78, 5) is 41.1. The Balaban J connectivity index is 1.55. The molecule has 4 heterocycles. The van der Waals surface area contributed by atoms with Gasteiger partial charge in [-0.05, 0) is 50.3 Å². The van der Waals surface area contributed by atoms with Gasteiger partial charge in [0, 0.05) is 54.4 Å². The molecule has 1 aliphatic carbocycles. The van der Waals surface area contributed by atoms with E-state index in [2.05, 4.69) is 15.0 Å². The molecule has 242 valence electrons. The molecule has 2 fully saturated rings. The predicted octanol–water partition coefficient (Wildman–Crippen LogP) is 5.63. The molecule has 45 heavy (non-hydrogen) atoms. The maximum Gasteiger partial charge on any atom is 0.416 e. The number of piperazine rings is 1. The van der Waals surface area contributed by atoms with E-state index in [-0.39, 0.29) is 71.4 Å². The summed E-state index contributed by atoms with van der Waals surface area (Å²) in [6.45, 7) is 3.50. The lowest BCUT2D eigenvalue weighted by Crippen LogP contribution is -2.58. The first-order chi connectivity index (χ1) is 21.2. The van der Waals surface area contributed by atoms with E-state index >= 15 is 0 Å². The molecule has 16 heteroatoms. The molecular weight excluding hydrogens is 623 g/mol. The molecule has 3 aromatic rings. The first-order valence-corrected chi connectivity index (χ1v) is 15.6. The molecule has 0 radical (unpaired) electrons. The average molecular weight is 655 g/mol. The summed E-state index contributed by atoms with van der Waals surface area (Å²) in [5, 5.41) is 9.76. The van der Waals surface area contributed by atoms with Gasteiger partial charge in [-0.2, -0.15) is 18.2 Å². The highest BCUT2D eigenvalue weighted by molar-refractivity contribution is 7.99. The Morgan fingerprint density at radius 2 is 1.73 bits per heavy atom. The van der Waals surface area contributed by atoms with E-state index in [9.17, 15) is 36.6 Å². The maximum atomic E-state index is 14.9. The number of nitrogens with zero attached hydrogens (tertiary/aromatic N) is 6. The van der Waals surface area contributed by atoms with Crippen molar-refractivity contribution in [3.63, 3.8) is 0 Å². The largest absolute Gasteiger partial charge is 0.465 e. The zero-order valence-corrected chi connectivity index (χ0v) is 25.2. The fourth-order valence-corrected chi connectivity index (χ4v) is 8.12. The number of thioether (sulfide) groups is 1. The molecule has 2 aromatic heterocycles. The van der Waals surface area contributed by atoms with Crippen LogP contribution in [0.3, 0.4) is 0 Å². The normalized spacial score (nSPS) is 24.0. The Bertz CT molecular complexity index is 1650. The molecular formula is C29H31F5N6O4S. The topological polar surface area (TPSA) is 114 Å². The monoisotopic (exact) mass is 654 g/mol. The Morgan fingerprint density at radius 3 is 2.33 bits per heavy atom. The van der Waals surface area contributed by atoms with E-state index in [1.807, 2.05) is 0 Å². The number of aromatic nitrogens is 4. The van der Waals surface area contributed by atoms with E-state index in [0.717, 1.165) is 17.8 Å². The summed E-state index contributed by atoms with van der Waals surface area (Å²) in [6.07, 6.45) is -5.08. The van der Waals surface area contributed by atoms with Crippen molar-refractivity contribution in [3.8, 4) is 6.01 Å². The summed E-state index contributed by atoms with van der Waals surface area (Å²) in [5.41, 5.74) is -1.52. The van der Waals surface area contributed by atoms with Gasteiger partial charge in [-0.1, -0.05) is 0 Å². The van der Waals surface area contributed by atoms with Gasteiger partial charge in [0.15, 0.2) is 0 Å². The number of amides is 1. The predicted molar refractivity (Wildman–Crippen MR) is 155 cm³/mol. The van der Waals surface area contributed by atoms with Gasteiger partial charge in [0.1, 0.15) is 11.9 Å². The van der Waals surface area contributed by atoms with E-state index in [1.165, 1.54) is 21.9 Å². The van der Waals surface area contributed by atoms with Crippen LogP contribution in [0.1, 0.15) is 56.6 Å². The Labute approximate surface area is 258 Å². The number of alkyl halides is 5. The molecule has 2 aliphatic heterocycles. The molecule has 1 saturated heterocycles. The van der Waals surface area contributed by atoms with Crippen LogP contribution < -0.4 is 15.3 Å². The highest BCUT2D eigenvalue weighted by Gasteiger charge is 2.44. The summed E-state index contributed by atoms with van der Waals surface area (Å²) in [5.74, 6) is -3.60. The lowest BCUT2D eigenvalue weighted by Gasteiger charge is -2.43. The molecule has 1 aromatic carbocycles. The van der Waals surface area contributed by atoms with Crippen LogP contribution in [0.4, 0.5) is 32.6 Å². The number of benzene rings is 1. The van der Waals surface area contributed by atoms with Gasteiger partial charge in [-0.15, -0.1) is 11.8 Å². The first-order valence-electron chi connectivity index (χ1n) is 14.6. The van der Waals surface area contributed by atoms with Crippen molar-refractivity contribution in [2.75, 3.05) is 23.7 Å². The van der Waals surface area contributed by atoms with E-state index in [1.54, 1.807) is 24.8 Å². The van der Waals surface area contributed by atoms with Crippen LogP contribution >= 0.6 is 11.8 Å². The van der Waals surface area contributed by atoms with Gasteiger partial charge in [0.2, 0.25) is 5.92 Å². The smallest absolute Gasteiger partial charge is 0.416 e. The van der Waals surface area contributed by atoms with Crippen LogP contribution in [-0.2, 0) is 12.7 Å². The second kappa shape index (κ2) is 11.6. The summed E-state index contributed by atoms with van der Waals surface area (Å²) in [7, 11) is 0. The molecule has 3 aliphatic rings. The summed E-state index contributed by atoms with van der Waals surface area (Å²) in [6, 6.07) is 1.54. The molecule has 6 rings (SSSR count). The molecule has 10 nitrogen and oxygen atoms in total. The first kappa shape index (κ1) is 31.3. The van der Waals surface area contributed by atoms with Crippen LogP contribution in [0, 0.1) is 0 Å². The number of carbonyl (C=O) groups is 1. The highest BCUT2D eigenvalue weighted by atomic mass is 32.2. The second-order valence-electron chi connectivity index (χ2n) is 11.9. The van der Waals surface area contributed by atoms with Crippen LogP contribution in [-0.4, -0.2) is 78.6 Å². The fraction of sp³-hybridized carbons (Fsp3) is 0.552. The quantitative estimate of drug-likeness (QED) is 0.358. The molecule has 1 N–H and O–H groups in total. The minimum absolute atomic E-state index is 0.0230. The van der Waals surface area contributed by atoms with E-state index in [4.69, 9.17) is 4.74 Å². The zero-order valence-electron chi connectivity index (χ0n) is 24.4. The van der Waals surface area contributed by atoms with Crippen molar-refractivity contribution in [2.45, 2.75) is 87.2 Å². The lowest BCUT2D eigenvalue weighted by atomic mass is 9.80. The van der Waals surface area contributed by atoms with Crippen LogP contribution in [0.5, 0.6) is 6.01 Å². The van der Waals surface area contributed by atoms with Crippen LogP contribution in [0.15, 0.2) is 34.2 Å². The number of hydrogen-bond donors (Lipinski definition) is 1. The Hall–Kier alpha value is -3.69. The Morgan fingerprint density at radius 1 is 1.09 bits per heavy atom. The number of hydrogen-bond acceptors (Lipinski definition) is 8. The molecule has 3 atom stereocenters. The van der Waals surface area contributed by atoms with Crippen LogP contribution in [0.25, 0.3) is 10.9 Å². The average Bonchev–Trinajstić information content (AvgIpc) is 3.15. The standard InChI is InChI=1S/C29H31F5N6O4S/c1-15-11-38(12-16(2)40(15)27(42)43)24-19-10-20(29(32,33)34)21(17-4-6-28(30,31)7-5-17)23-22(19)39(26(41)37-24)13-18(14-45-23)44-25-35-8-3-9-36-25/h3,8-10,15-18H,4-7,11-14H2,1-2H3,(H,42,43)/t15-,16+,18-/m0/s1. The van der Waals surface area contributed by atoms with E-state index < -0.39 is 66.4 Å². The molecule has 0 spiro atoms. The maximum absolute atomic E-state index is 14.9. The SMILES string of the molecule is C[C@@H]1CN(c2nc(=O)n3c4c(c(C5CCC(F)(F)CC5)c(C(F)(F)F)cc24)SC[C@@H](Oc2ncccn2)C3)C[C@H](C)N1C(=O)O. The third-order valence-electron chi connectivity index (χ3n) is 8.72. The van der Waals surface area contributed by atoms with Crippen molar-refractivity contribution in [1.29, 1.82) is 0 Å². The van der Waals surface area contributed by atoms with Gasteiger partial charge in [-0.25, -0.2) is 28.3 Å². The Kier molecular flexibility index (Phi) is 8.06. The summed E-state index contributed by atoms with van der Waals surface area (Å²) < 4.78 is 80.3. The molecule has 0 unspecified atom stereocenters. The van der Waals surface area contributed by atoms with Crippen molar-refractivity contribution in [3.05, 3.63) is 46.1 Å². The lowest BCUT2D eigenvalue weighted by molar-refractivity contribution is -0.138. The van der Waals surface area contributed by atoms with E-state index in [0.29, 0.717) is 0 Å². The van der Waals surface area contributed by atoms with Gasteiger partial charge in [0.05, 0.1) is 29.7 Å². The van der Waals surface area contributed by atoms with Crippen molar-refractivity contribution < 1.29 is 36.6 Å². The number of ether oxygens (including phenoxy) is 1. The number of carboxylic acid groups (broad SMARTS) is 1. The molecule has 0 bridgehead atoms. The van der Waals surface area contributed by atoms with Crippen LogP contribution in [0.2, 0.25) is 0 Å². The minimum atomic E-state index is -4.83. The van der Waals surface area contributed by atoms with Crippen molar-refractivity contribution in [2.24, 2.45) is 0 Å². The number of anilines is 1. The number of halogens is 5. The van der Waals surface area contributed by atoms with Crippen molar-refractivity contribution >= 4 is 34.6 Å². The minimum Gasteiger partial charge on any atom is -0.465 e. The van der Waals surface area contributed by atoms with Gasteiger partial charge in [-0.3, -0.25) is 9.47 Å². The highest BCUT2D eigenvalue weighted by Crippen LogP contribution is 2.51. The number of rotatable bonds is 4. The van der Waals surface area contributed by atoms with Gasteiger partial charge in [0.25, 0.3) is 0 Å². The third kappa shape index (κ3) is 6.00. The third-order valence-corrected chi connectivity index (χ3v) is 9.96. The zero-order chi connectivity index (χ0) is 32.3. The molecule has 1 amide bonds. The van der Waals surface area contributed by atoms with Gasteiger partial charge < -0.3 is 14.7 Å². The van der Waals surface area contributed by atoms with Gasteiger partial charge >= 0.3 is 24.0 Å². The summed E-state index contributed by atoms with van der Waals surface area (Å²) >= 11 is 1.09. The fourth-order valence-electron chi connectivity index (χ4n) is 6.81. The van der Waals surface area contributed by atoms with Crippen molar-refractivity contribution in [1.82, 2.24) is 24.4 Å². The second-order valence-corrected chi connectivity index (χ2v) is 12.9. The molecule has 1 saturated carbocycles.